The van der Waals surface area contributed by atoms with E-state index in [4.69, 9.17) is 0 Å². The number of likely N-dealkylation sites (tertiary alicyclic amines) is 1. The van der Waals surface area contributed by atoms with E-state index in [1.54, 1.807) is 6.33 Å². The fraction of sp³-hybridized carbons (Fsp3) is 0.500. The van der Waals surface area contributed by atoms with E-state index in [1.165, 1.54) is 11.1 Å². The first-order chi connectivity index (χ1) is 9.58. The smallest absolute Gasteiger partial charge is 0.245 e. The molecule has 0 spiro atoms. The fourth-order valence-corrected chi connectivity index (χ4v) is 2.91. The Bertz CT molecular complexity index is 653. The molecule has 0 bridgehead atoms. The zero-order valence-electron chi connectivity index (χ0n) is 12.4. The normalized spacial score (nSPS) is 16.9. The molecule has 2 aromatic rings. The van der Waals surface area contributed by atoms with Gasteiger partial charge < -0.3 is 9.47 Å². The van der Waals surface area contributed by atoms with Gasteiger partial charge in [0.1, 0.15) is 6.04 Å². The van der Waals surface area contributed by atoms with Crippen LogP contribution in [-0.2, 0) is 4.79 Å². The molecular weight excluding hydrogens is 250 g/mol. The number of hydrogen-bond donors (Lipinski definition) is 0. The second-order valence-electron chi connectivity index (χ2n) is 5.79. The van der Waals surface area contributed by atoms with Gasteiger partial charge in [-0.25, -0.2) is 4.98 Å². The van der Waals surface area contributed by atoms with E-state index in [0.29, 0.717) is 0 Å². The topological polar surface area (TPSA) is 38.1 Å². The lowest BCUT2D eigenvalue weighted by molar-refractivity contribution is -0.133. The van der Waals surface area contributed by atoms with Crippen LogP contribution in [0.15, 0.2) is 18.5 Å². The zero-order valence-corrected chi connectivity index (χ0v) is 12.4. The van der Waals surface area contributed by atoms with Crippen LogP contribution in [0.1, 0.15) is 36.9 Å². The number of carbonyl (C=O) groups excluding carboxylic acids is 1. The van der Waals surface area contributed by atoms with E-state index < -0.39 is 0 Å². The van der Waals surface area contributed by atoms with Gasteiger partial charge in [-0.3, -0.25) is 4.79 Å². The molecule has 1 fully saturated rings. The lowest BCUT2D eigenvalue weighted by atomic mass is 10.1. The number of nitrogens with zero attached hydrogens (tertiary/aromatic N) is 3. The Morgan fingerprint density at radius 3 is 2.55 bits per heavy atom. The molecule has 4 heteroatoms. The zero-order chi connectivity index (χ0) is 14.3. The summed E-state index contributed by atoms with van der Waals surface area (Å²) in [5.41, 5.74) is 4.49. The van der Waals surface area contributed by atoms with Gasteiger partial charge in [0.2, 0.25) is 5.91 Å². The van der Waals surface area contributed by atoms with Crippen LogP contribution in [0.3, 0.4) is 0 Å². The van der Waals surface area contributed by atoms with Gasteiger partial charge >= 0.3 is 0 Å². The van der Waals surface area contributed by atoms with Crippen LogP contribution in [0, 0.1) is 13.8 Å². The number of amides is 1. The first kappa shape index (κ1) is 13.2. The van der Waals surface area contributed by atoms with Gasteiger partial charge in [-0.05, 0) is 56.9 Å². The summed E-state index contributed by atoms with van der Waals surface area (Å²) in [5, 5.41) is 0. The minimum Gasteiger partial charge on any atom is -0.341 e. The molecule has 0 aliphatic carbocycles. The molecule has 1 unspecified atom stereocenters. The van der Waals surface area contributed by atoms with Crippen LogP contribution in [-0.4, -0.2) is 33.4 Å². The molecule has 1 aliphatic heterocycles. The van der Waals surface area contributed by atoms with Gasteiger partial charge in [0.15, 0.2) is 0 Å². The van der Waals surface area contributed by atoms with E-state index >= 15 is 0 Å². The van der Waals surface area contributed by atoms with Crippen molar-refractivity contribution in [1.82, 2.24) is 14.5 Å². The van der Waals surface area contributed by atoms with E-state index in [-0.39, 0.29) is 11.9 Å². The number of rotatable bonds is 2. The van der Waals surface area contributed by atoms with Crippen molar-refractivity contribution in [2.45, 2.75) is 39.7 Å². The Labute approximate surface area is 119 Å². The maximum Gasteiger partial charge on any atom is 0.245 e. The Morgan fingerprint density at radius 1 is 1.20 bits per heavy atom. The van der Waals surface area contributed by atoms with Gasteiger partial charge in [0.05, 0.1) is 17.4 Å². The molecule has 1 atom stereocenters. The van der Waals surface area contributed by atoms with E-state index in [0.717, 1.165) is 37.0 Å². The highest BCUT2D eigenvalue weighted by molar-refractivity contribution is 5.84. The molecule has 2 heterocycles. The van der Waals surface area contributed by atoms with Crippen molar-refractivity contribution in [2.24, 2.45) is 0 Å². The van der Waals surface area contributed by atoms with Crippen molar-refractivity contribution >= 4 is 16.9 Å². The summed E-state index contributed by atoms with van der Waals surface area (Å²) >= 11 is 0. The van der Waals surface area contributed by atoms with Crippen molar-refractivity contribution in [2.75, 3.05) is 13.1 Å². The van der Waals surface area contributed by atoms with E-state index in [9.17, 15) is 4.79 Å². The van der Waals surface area contributed by atoms with Crippen LogP contribution in [0.5, 0.6) is 0 Å². The van der Waals surface area contributed by atoms with E-state index in [2.05, 4.69) is 31.0 Å². The molecule has 0 N–H and O–H groups in total. The average molecular weight is 271 g/mol. The molecular formula is C16H21N3O. The summed E-state index contributed by atoms with van der Waals surface area (Å²) in [6.45, 7) is 7.95. The van der Waals surface area contributed by atoms with Crippen LogP contribution >= 0.6 is 0 Å². The quantitative estimate of drug-likeness (QED) is 0.842. The molecule has 20 heavy (non-hydrogen) atoms. The number of aryl methyl sites for hydroxylation is 2. The molecule has 0 radical (unpaired) electrons. The maximum atomic E-state index is 12.5. The lowest BCUT2D eigenvalue weighted by Gasteiger charge is -2.21. The second-order valence-corrected chi connectivity index (χ2v) is 5.79. The third-order valence-corrected chi connectivity index (χ3v) is 4.38. The van der Waals surface area contributed by atoms with Gasteiger partial charge in [0.25, 0.3) is 0 Å². The Hall–Kier alpha value is -1.84. The van der Waals surface area contributed by atoms with Crippen molar-refractivity contribution < 1.29 is 4.79 Å². The SMILES string of the molecule is Cc1cc2ncn(C(C)C(=O)N3CCCC3)c2cc1C. The summed E-state index contributed by atoms with van der Waals surface area (Å²) < 4.78 is 2.00. The number of hydrogen-bond acceptors (Lipinski definition) is 2. The Balaban J connectivity index is 1.97. The molecule has 1 saturated heterocycles. The molecule has 1 amide bonds. The predicted octanol–water partition coefficient (Wildman–Crippen LogP) is 2.84. The minimum absolute atomic E-state index is 0.180. The van der Waals surface area contributed by atoms with Crippen molar-refractivity contribution in [3.8, 4) is 0 Å². The van der Waals surface area contributed by atoms with Gasteiger partial charge in [-0.2, -0.15) is 0 Å². The Morgan fingerprint density at radius 2 is 1.85 bits per heavy atom. The molecule has 1 aliphatic rings. The van der Waals surface area contributed by atoms with Crippen molar-refractivity contribution in [3.05, 3.63) is 29.6 Å². The summed E-state index contributed by atoms with van der Waals surface area (Å²) in [6.07, 6.45) is 4.05. The summed E-state index contributed by atoms with van der Waals surface area (Å²) in [5.74, 6) is 0.208. The van der Waals surface area contributed by atoms with Crippen LogP contribution in [0.25, 0.3) is 11.0 Å². The molecule has 0 saturated carbocycles. The van der Waals surface area contributed by atoms with Crippen LogP contribution in [0.4, 0.5) is 0 Å². The number of aromatic nitrogens is 2. The average Bonchev–Trinajstić information content (AvgIpc) is 3.07. The first-order valence-corrected chi connectivity index (χ1v) is 7.30. The third kappa shape index (κ3) is 2.09. The first-order valence-electron chi connectivity index (χ1n) is 7.30. The van der Waals surface area contributed by atoms with Crippen LogP contribution < -0.4 is 0 Å². The van der Waals surface area contributed by atoms with Gasteiger partial charge in [-0.1, -0.05) is 0 Å². The molecule has 4 nitrogen and oxygen atoms in total. The maximum absolute atomic E-state index is 12.5. The number of imidazole rings is 1. The predicted molar refractivity (Wildman–Crippen MR) is 79.7 cm³/mol. The monoisotopic (exact) mass is 271 g/mol. The molecule has 1 aromatic heterocycles. The minimum atomic E-state index is -0.180. The third-order valence-electron chi connectivity index (χ3n) is 4.38. The number of fused-ring (bicyclic) bond motifs is 1. The highest BCUT2D eigenvalue weighted by atomic mass is 16.2. The molecule has 3 rings (SSSR count). The summed E-state index contributed by atoms with van der Waals surface area (Å²) in [7, 11) is 0. The van der Waals surface area contributed by atoms with Gasteiger partial charge in [-0.15, -0.1) is 0 Å². The van der Waals surface area contributed by atoms with Crippen molar-refractivity contribution in [1.29, 1.82) is 0 Å². The highest BCUT2D eigenvalue weighted by Gasteiger charge is 2.25. The second kappa shape index (κ2) is 4.93. The van der Waals surface area contributed by atoms with Crippen molar-refractivity contribution in [3.63, 3.8) is 0 Å². The lowest BCUT2D eigenvalue weighted by Crippen LogP contribution is -2.33. The van der Waals surface area contributed by atoms with E-state index in [1.807, 2.05) is 16.4 Å². The molecule has 106 valence electrons. The number of carbonyl (C=O) groups is 1. The standard InChI is InChI=1S/C16H21N3O/c1-11-8-14-15(9-12(11)2)19(10-17-14)13(3)16(20)18-6-4-5-7-18/h8-10,13H,4-7H2,1-3H3. The van der Waals surface area contributed by atoms with Gasteiger partial charge in [0, 0.05) is 13.1 Å². The Kier molecular flexibility index (Phi) is 3.24. The summed E-state index contributed by atoms with van der Waals surface area (Å²) in [4.78, 5) is 18.9. The van der Waals surface area contributed by atoms with Crippen LogP contribution in [0.2, 0.25) is 0 Å². The largest absolute Gasteiger partial charge is 0.341 e. The highest BCUT2D eigenvalue weighted by Crippen LogP contribution is 2.23. The number of benzene rings is 1. The fourth-order valence-electron chi connectivity index (χ4n) is 2.91. The summed E-state index contributed by atoms with van der Waals surface area (Å²) in [6, 6.07) is 4.04. The molecule has 1 aromatic carbocycles.